The average molecular weight is 286 g/mol. The Morgan fingerprint density at radius 2 is 1.65 bits per heavy atom. The maximum absolute atomic E-state index is 10.6. The molecule has 0 aliphatic carbocycles. The molecule has 0 fully saturated rings. The Labute approximate surface area is 114 Å². The van der Waals surface area contributed by atoms with Crippen molar-refractivity contribution in [1.29, 1.82) is 0 Å². The lowest BCUT2D eigenvalue weighted by Gasteiger charge is -2.08. The van der Waals surface area contributed by atoms with E-state index in [1.807, 2.05) is 6.07 Å². The Morgan fingerprint density at radius 3 is 2.29 bits per heavy atom. The summed E-state index contributed by atoms with van der Waals surface area (Å²) < 4.78 is 0. The van der Waals surface area contributed by atoms with Crippen LogP contribution in [0.15, 0.2) is 36.4 Å². The van der Waals surface area contributed by atoms with Crippen LogP contribution < -0.4 is 0 Å². The Balaban J connectivity index is 2.61. The molecule has 0 saturated carbocycles. The minimum Gasteiger partial charge on any atom is -0.298 e. The van der Waals surface area contributed by atoms with Crippen molar-refractivity contribution in [3.05, 3.63) is 57.0 Å². The first kappa shape index (κ1) is 12.4. The molecule has 2 rings (SSSR count). The molecule has 0 heterocycles. The van der Waals surface area contributed by atoms with Gasteiger partial charge in [0.15, 0.2) is 0 Å². The number of hydrogen-bond donors (Lipinski definition) is 0. The fourth-order valence-electron chi connectivity index (χ4n) is 1.53. The van der Waals surface area contributed by atoms with Gasteiger partial charge in [-0.25, -0.2) is 0 Å². The Bertz CT molecular complexity index is 579. The summed E-state index contributed by atoms with van der Waals surface area (Å²) in [6.45, 7) is 0. The Morgan fingerprint density at radius 1 is 0.882 bits per heavy atom. The van der Waals surface area contributed by atoms with Gasteiger partial charge in [0.1, 0.15) is 6.29 Å². The summed E-state index contributed by atoms with van der Waals surface area (Å²) >= 11 is 18.2. The molecule has 1 nitrogen and oxygen atoms in total. The third-order valence-electron chi connectivity index (χ3n) is 2.37. The lowest BCUT2D eigenvalue weighted by Crippen LogP contribution is -1.85. The molecule has 0 amide bonds. The summed E-state index contributed by atoms with van der Waals surface area (Å²) in [4.78, 5) is 10.6. The smallest absolute Gasteiger partial charge is 0.150 e. The molecule has 0 N–H and O–H groups in total. The second-order valence-corrected chi connectivity index (χ2v) is 4.65. The highest BCUT2D eigenvalue weighted by Crippen LogP contribution is 2.37. The van der Waals surface area contributed by atoms with Crippen molar-refractivity contribution < 1.29 is 4.79 Å². The van der Waals surface area contributed by atoms with E-state index >= 15 is 0 Å². The second-order valence-electron chi connectivity index (χ2n) is 3.46. The van der Waals surface area contributed by atoms with Crippen molar-refractivity contribution in [2.24, 2.45) is 0 Å². The molecule has 0 radical (unpaired) electrons. The van der Waals surface area contributed by atoms with Gasteiger partial charge in [-0.05, 0) is 12.1 Å². The van der Waals surface area contributed by atoms with Gasteiger partial charge < -0.3 is 0 Å². The lowest BCUT2D eigenvalue weighted by atomic mass is 10.0. The van der Waals surface area contributed by atoms with Crippen LogP contribution in [0, 0.1) is 0 Å². The standard InChI is InChI=1S/C13H7Cl3O/c14-11-3-1-2-10(13(11)16)9-5-4-8(7-17)6-12(9)15/h1-7H. The van der Waals surface area contributed by atoms with Gasteiger partial charge in [0, 0.05) is 21.7 Å². The molecule has 4 heteroatoms. The van der Waals surface area contributed by atoms with Crippen molar-refractivity contribution in [3.8, 4) is 11.1 Å². The fourth-order valence-corrected chi connectivity index (χ4v) is 2.23. The highest BCUT2D eigenvalue weighted by molar-refractivity contribution is 6.44. The Kier molecular flexibility index (Phi) is 3.72. The molecule has 0 aliphatic rings. The van der Waals surface area contributed by atoms with E-state index in [1.165, 1.54) is 0 Å². The van der Waals surface area contributed by atoms with Gasteiger partial charge in [0.25, 0.3) is 0 Å². The van der Waals surface area contributed by atoms with Crippen LogP contribution in [0.4, 0.5) is 0 Å². The lowest BCUT2D eigenvalue weighted by molar-refractivity contribution is 0.112. The summed E-state index contributed by atoms with van der Waals surface area (Å²) in [5.41, 5.74) is 2.03. The highest BCUT2D eigenvalue weighted by atomic mass is 35.5. The summed E-state index contributed by atoms with van der Waals surface area (Å²) in [6.07, 6.45) is 0.745. The van der Waals surface area contributed by atoms with E-state index in [2.05, 4.69) is 0 Å². The zero-order chi connectivity index (χ0) is 12.4. The average Bonchev–Trinajstić information content (AvgIpc) is 2.33. The molecule has 17 heavy (non-hydrogen) atoms. The summed E-state index contributed by atoms with van der Waals surface area (Å²) in [5.74, 6) is 0. The molecule has 0 aliphatic heterocycles. The zero-order valence-corrected chi connectivity index (χ0v) is 10.9. The minimum absolute atomic E-state index is 0.454. The van der Waals surface area contributed by atoms with Crippen molar-refractivity contribution in [3.63, 3.8) is 0 Å². The number of halogens is 3. The molecule has 0 bridgehead atoms. The van der Waals surface area contributed by atoms with Gasteiger partial charge in [0.05, 0.1) is 10.0 Å². The first-order chi connectivity index (χ1) is 8.13. The van der Waals surface area contributed by atoms with E-state index in [0.717, 1.165) is 17.4 Å². The number of carbonyl (C=O) groups excluding carboxylic acids is 1. The Hall–Kier alpha value is -1.02. The normalized spacial score (nSPS) is 10.3. The van der Waals surface area contributed by atoms with Gasteiger partial charge >= 0.3 is 0 Å². The molecule has 0 saturated heterocycles. The third-order valence-corrected chi connectivity index (χ3v) is 3.50. The zero-order valence-electron chi connectivity index (χ0n) is 8.58. The van der Waals surface area contributed by atoms with Crippen molar-refractivity contribution in [1.82, 2.24) is 0 Å². The number of aldehydes is 1. The SMILES string of the molecule is O=Cc1ccc(-c2cccc(Cl)c2Cl)c(Cl)c1. The molecular weight excluding hydrogens is 279 g/mol. The molecule has 2 aromatic carbocycles. The van der Waals surface area contributed by atoms with Crippen LogP contribution in [-0.4, -0.2) is 6.29 Å². The molecule has 0 spiro atoms. The predicted molar refractivity (Wildman–Crippen MR) is 72.3 cm³/mol. The van der Waals surface area contributed by atoms with Crippen LogP contribution in [0.25, 0.3) is 11.1 Å². The minimum atomic E-state index is 0.454. The number of hydrogen-bond acceptors (Lipinski definition) is 1. The maximum atomic E-state index is 10.6. The maximum Gasteiger partial charge on any atom is 0.150 e. The first-order valence-corrected chi connectivity index (χ1v) is 5.96. The van der Waals surface area contributed by atoms with Crippen LogP contribution in [0.2, 0.25) is 15.1 Å². The van der Waals surface area contributed by atoms with Crippen molar-refractivity contribution in [2.75, 3.05) is 0 Å². The summed E-state index contributed by atoms with van der Waals surface area (Å²) in [7, 11) is 0. The van der Waals surface area contributed by atoms with E-state index in [1.54, 1.807) is 30.3 Å². The monoisotopic (exact) mass is 284 g/mol. The van der Waals surface area contributed by atoms with Crippen LogP contribution in [0.3, 0.4) is 0 Å². The molecule has 86 valence electrons. The van der Waals surface area contributed by atoms with Crippen LogP contribution >= 0.6 is 34.8 Å². The highest BCUT2D eigenvalue weighted by Gasteiger charge is 2.10. The first-order valence-electron chi connectivity index (χ1n) is 4.82. The van der Waals surface area contributed by atoms with Crippen LogP contribution in [0.1, 0.15) is 10.4 Å². The van der Waals surface area contributed by atoms with Crippen molar-refractivity contribution in [2.45, 2.75) is 0 Å². The topological polar surface area (TPSA) is 17.1 Å². The summed E-state index contributed by atoms with van der Waals surface area (Å²) in [6, 6.07) is 10.4. The van der Waals surface area contributed by atoms with Gasteiger partial charge in [-0.1, -0.05) is 59.1 Å². The predicted octanol–water partition coefficient (Wildman–Crippen LogP) is 5.13. The van der Waals surface area contributed by atoms with Gasteiger partial charge in [-0.15, -0.1) is 0 Å². The fraction of sp³-hybridized carbons (Fsp3) is 0. The second kappa shape index (κ2) is 5.09. The van der Waals surface area contributed by atoms with E-state index in [4.69, 9.17) is 34.8 Å². The van der Waals surface area contributed by atoms with E-state index in [9.17, 15) is 4.79 Å². The molecule has 0 atom stereocenters. The van der Waals surface area contributed by atoms with E-state index in [0.29, 0.717) is 20.6 Å². The largest absolute Gasteiger partial charge is 0.298 e. The molecule has 0 unspecified atom stereocenters. The third kappa shape index (κ3) is 2.47. The molecular formula is C13H7Cl3O. The van der Waals surface area contributed by atoms with Gasteiger partial charge in [0.2, 0.25) is 0 Å². The van der Waals surface area contributed by atoms with Crippen LogP contribution in [0.5, 0.6) is 0 Å². The van der Waals surface area contributed by atoms with E-state index < -0.39 is 0 Å². The molecule has 2 aromatic rings. The quantitative estimate of drug-likeness (QED) is 0.699. The van der Waals surface area contributed by atoms with Crippen molar-refractivity contribution >= 4 is 41.1 Å². The van der Waals surface area contributed by atoms with E-state index in [-0.39, 0.29) is 0 Å². The summed E-state index contributed by atoms with van der Waals surface area (Å²) in [5, 5.41) is 1.40. The molecule has 0 aromatic heterocycles. The number of carbonyl (C=O) groups is 1. The van der Waals surface area contributed by atoms with Gasteiger partial charge in [-0.3, -0.25) is 4.79 Å². The van der Waals surface area contributed by atoms with Crippen LogP contribution in [-0.2, 0) is 0 Å². The number of rotatable bonds is 2. The van der Waals surface area contributed by atoms with Gasteiger partial charge in [-0.2, -0.15) is 0 Å². The number of benzene rings is 2.